The second-order valence-electron chi connectivity index (χ2n) is 3.98. The summed E-state index contributed by atoms with van der Waals surface area (Å²) in [5.74, 6) is 1.37. The van der Waals surface area contributed by atoms with Gasteiger partial charge in [0.15, 0.2) is 5.82 Å². The second-order valence-corrected chi connectivity index (χ2v) is 3.98. The molecule has 1 saturated heterocycles. The lowest BCUT2D eigenvalue weighted by Crippen LogP contribution is -2.42. The Morgan fingerprint density at radius 2 is 2.36 bits per heavy atom. The van der Waals surface area contributed by atoms with E-state index >= 15 is 0 Å². The first-order valence-corrected chi connectivity index (χ1v) is 4.96. The van der Waals surface area contributed by atoms with Gasteiger partial charge in [0.25, 0.3) is 0 Å². The summed E-state index contributed by atoms with van der Waals surface area (Å²) in [5.41, 5.74) is 0. The lowest BCUT2D eigenvalue weighted by Gasteiger charge is -2.34. The number of anilines is 1. The molecule has 0 saturated carbocycles. The van der Waals surface area contributed by atoms with E-state index in [1.165, 1.54) is 0 Å². The minimum absolute atomic E-state index is 0.235. The zero-order chi connectivity index (χ0) is 9.97. The van der Waals surface area contributed by atoms with E-state index < -0.39 is 0 Å². The first kappa shape index (κ1) is 9.40. The Bertz CT molecular complexity index is 281. The van der Waals surface area contributed by atoms with Gasteiger partial charge in [-0.1, -0.05) is 6.92 Å². The molecule has 1 aliphatic heterocycles. The van der Waals surface area contributed by atoms with Gasteiger partial charge in [-0.15, -0.1) is 5.10 Å². The highest BCUT2D eigenvalue weighted by atomic mass is 16.3. The Balaban J connectivity index is 2.11. The standard InChI is InChI=1S/C10H15N3O/c1-8-5-9(14)7-13(6-8)10-3-2-4-11-12-10/h2-4,8-9,14H,5-7H2,1H3. The molecule has 0 spiro atoms. The number of rotatable bonds is 1. The predicted octanol–water partition coefficient (Wildman–Crippen LogP) is 0.684. The summed E-state index contributed by atoms with van der Waals surface area (Å²) in [6.07, 6.45) is 2.31. The van der Waals surface area contributed by atoms with Gasteiger partial charge < -0.3 is 10.0 Å². The fraction of sp³-hybridized carbons (Fsp3) is 0.600. The van der Waals surface area contributed by atoms with Gasteiger partial charge in [-0.3, -0.25) is 0 Å². The van der Waals surface area contributed by atoms with Crippen molar-refractivity contribution in [2.75, 3.05) is 18.0 Å². The molecule has 1 aliphatic rings. The fourth-order valence-corrected chi connectivity index (χ4v) is 1.97. The number of aliphatic hydroxyl groups excluding tert-OH is 1. The molecule has 2 unspecified atom stereocenters. The quantitative estimate of drug-likeness (QED) is 0.712. The van der Waals surface area contributed by atoms with Crippen LogP contribution >= 0.6 is 0 Å². The summed E-state index contributed by atoms with van der Waals surface area (Å²) >= 11 is 0. The smallest absolute Gasteiger partial charge is 0.151 e. The van der Waals surface area contributed by atoms with Crippen LogP contribution < -0.4 is 4.90 Å². The molecule has 0 bridgehead atoms. The van der Waals surface area contributed by atoms with E-state index in [0.29, 0.717) is 12.5 Å². The van der Waals surface area contributed by atoms with Crippen LogP contribution in [-0.2, 0) is 0 Å². The van der Waals surface area contributed by atoms with E-state index in [-0.39, 0.29) is 6.10 Å². The Hall–Kier alpha value is -1.16. The van der Waals surface area contributed by atoms with E-state index in [1.807, 2.05) is 12.1 Å². The molecule has 4 heteroatoms. The topological polar surface area (TPSA) is 49.2 Å². The normalized spacial score (nSPS) is 27.7. The Morgan fingerprint density at radius 3 is 3.00 bits per heavy atom. The molecule has 1 aromatic rings. The second kappa shape index (κ2) is 3.92. The molecule has 0 radical (unpaired) electrons. The highest BCUT2D eigenvalue weighted by Crippen LogP contribution is 2.20. The van der Waals surface area contributed by atoms with Crippen LogP contribution in [0.15, 0.2) is 18.3 Å². The molecule has 76 valence electrons. The lowest BCUT2D eigenvalue weighted by molar-refractivity contribution is 0.132. The summed E-state index contributed by atoms with van der Waals surface area (Å²) in [6, 6.07) is 3.80. The van der Waals surface area contributed by atoms with Crippen molar-refractivity contribution < 1.29 is 5.11 Å². The number of hydrogen-bond acceptors (Lipinski definition) is 4. The van der Waals surface area contributed by atoms with Crippen LogP contribution in [-0.4, -0.2) is 34.5 Å². The van der Waals surface area contributed by atoms with Crippen LogP contribution in [0.5, 0.6) is 0 Å². The van der Waals surface area contributed by atoms with Gasteiger partial charge in [-0.2, -0.15) is 5.10 Å². The molecule has 1 N–H and O–H groups in total. The molecule has 0 aromatic carbocycles. The summed E-state index contributed by atoms with van der Waals surface area (Å²) < 4.78 is 0. The van der Waals surface area contributed by atoms with Crippen LogP contribution in [0.25, 0.3) is 0 Å². The molecule has 0 aliphatic carbocycles. The van der Waals surface area contributed by atoms with Crippen molar-refractivity contribution in [2.45, 2.75) is 19.4 Å². The minimum Gasteiger partial charge on any atom is -0.391 e. The first-order chi connectivity index (χ1) is 6.75. The van der Waals surface area contributed by atoms with E-state index in [9.17, 15) is 5.11 Å². The number of nitrogens with zero attached hydrogens (tertiary/aromatic N) is 3. The van der Waals surface area contributed by atoms with Crippen molar-refractivity contribution in [3.05, 3.63) is 18.3 Å². The van der Waals surface area contributed by atoms with Crippen molar-refractivity contribution in [3.8, 4) is 0 Å². The molecular weight excluding hydrogens is 178 g/mol. The number of aliphatic hydroxyl groups is 1. The minimum atomic E-state index is -0.235. The van der Waals surface area contributed by atoms with Crippen LogP contribution in [0.4, 0.5) is 5.82 Å². The third-order valence-corrected chi connectivity index (χ3v) is 2.52. The van der Waals surface area contributed by atoms with Gasteiger partial charge in [-0.25, -0.2) is 0 Å². The fourth-order valence-electron chi connectivity index (χ4n) is 1.97. The zero-order valence-corrected chi connectivity index (χ0v) is 8.30. The maximum atomic E-state index is 9.62. The van der Waals surface area contributed by atoms with Crippen LogP contribution in [0, 0.1) is 5.92 Å². The largest absolute Gasteiger partial charge is 0.391 e. The first-order valence-electron chi connectivity index (χ1n) is 4.96. The maximum absolute atomic E-state index is 9.62. The summed E-state index contributed by atoms with van der Waals surface area (Å²) in [5, 5.41) is 17.5. The molecule has 1 fully saturated rings. The van der Waals surface area contributed by atoms with Crippen LogP contribution in [0.2, 0.25) is 0 Å². The van der Waals surface area contributed by atoms with Crippen molar-refractivity contribution in [3.63, 3.8) is 0 Å². The van der Waals surface area contributed by atoms with Crippen molar-refractivity contribution >= 4 is 5.82 Å². The molecule has 2 rings (SSSR count). The zero-order valence-electron chi connectivity index (χ0n) is 8.30. The summed E-state index contributed by atoms with van der Waals surface area (Å²) in [6.45, 7) is 3.77. The van der Waals surface area contributed by atoms with E-state index in [0.717, 1.165) is 18.8 Å². The average molecular weight is 193 g/mol. The van der Waals surface area contributed by atoms with Crippen molar-refractivity contribution in [1.29, 1.82) is 0 Å². The average Bonchev–Trinajstić information content (AvgIpc) is 2.18. The number of hydrogen-bond donors (Lipinski definition) is 1. The number of aromatic nitrogens is 2. The number of piperidine rings is 1. The highest BCUT2D eigenvalue weighted by Gasteiger charge is 2.23. The van der Waals surface area contributed by atoms with Gasteiger partial charge in [0.1, 0.15) is 0 Å². The van der Waals surface area contributed by atoms with Gasteiger partial charge in [0.2, 0.25) is 0 Å². The lowest BCUT2D eigenvalue weighted by atomic mass is 9.98. The van der Waals surface area contributed by atoms with Gasteiger partial charge >= 0.3 is 0 Å². The van der Waals surface area contributed by atoms with E-state index in [2.05, 4.69) is 22.0 Å². The molecule has 14 heavy (non-hydrogen) atoms. The SMILES string of the molecule is CC1CC(O)CN(c2cccnn2)C1. The molecule has 0 amide bonds. The Kier molecular flexibility index (Phi) is 2.63. The third-order valence-electron chi connectivity index (χ3n) is 2.52. The van der Waals surface area contributed by atoms with Crippen LogP contribution in [0.1, 0.15) is 13.3 Å². The van der Waals surface area contributed by atoms with Crippen LogP contribution in [0.3, 0.4) is 0 Å². The number of β-amino-alcohol motifs (C(OH)–C–C–N with tert-alkyl or cyclic N) is 1. The molecule has 2 atom stereocenters. The monoisotopic (exact) mass is 193 g/mol. The molecule has 1 aromatic heterocycles. The summed E-state index contributed by atoms with van der Waals surface area (Å²) in [4.78, 5) is 2.09. The third kappa shape index (κ3) is 2.01. The predicted molar refractivity (Wildman–Crippen MR) is 54.0 cm³/mol. The van der Waals surface area contributed by atoms with E-state index in [1.54, 1.807) is 6.20 Å². The van der Waals surface area contributed by atoms with Gasteiger partial charge in [0, 0.05) is 19.3 Å². The Morgan fingerprint density at radius 1 is 1.50 bits per heavy atom. The van der Waals surface area contributed by atoms with E-state index in [4.69, 9.17) is 0 Å². The molecule has 2 heterocycles. The molecule has 4 nitrogen and oxygen atoms in total. The highest BCUT2D eigenvalue weighted by molar-refractivity contribution is 5.37. The van der Waals surface area contributed by atoms with Crippen molar-refractivity contribution in [2.24, 2.45) is 5.92 Å². The maximum Gasteiger partial charge on any atom is 0.151 e. The van der Waals surface area contributed by atoms with Gasteiger partial charge in [0.05, 0.1) is 6.10 Å². The Labute approximate surface area is 83.6 Å². The summed E-state index contributed by atoms with van der Waals surface area (Å²) in [7, 11) is 0. The van der Waals surface area contributed by atoms with Gasteiger partial charge in [-0.05, 0) is 24.5 Å². The van der Waals surface area contributed by atoms with Crippen molar-refractivity contribution in [1.82, 2.24) is 10.2 Å². The molecular formula is C10H15N3O.